The van der Waals surface area contributed by atoms with E-state index in [9.17, 15) is 4.79 Å². The van der Waals surface area contributed by atoms with Crippen LogP contribution in [0.4, 0.5) is 0 Å². The van der Waals surface area contributed by atoms with Gasteiger partial charge in [-0.1, -0.05) is 13.8 Å². The summed E-state index contributed by atoms with van der Waals surface area (Å²) in [6.07, 6.45) is 2.11. The number of ether oxygens (including phenoxy) is 2. The van der Waals surface area contributed by atoms with Gasteiger partial charge < -0.3 is 9.47 Å². The maximum Gasteiger partial charge on any atom is 0.308 e. The van der Waals surface area contributed by atoms with Crippen molar-refractivity contribution in [2.45, 2.75) is 52.2 Å². The van der Waals surface area contributed by atoms with E-state index in [1.165, 1.54) is 0 Å². The molecule has 1 unspecified atom stereocenters. The Morgan fingerprint density at radius 3 is 2.64 bits per heavy atom. The first kappa shape index (κ1) is 11.5. The first-order valence-electron chi connectivity index (χ1n) is 5.25. The minimum absolute atomic E-state index is 0.0467. The van der Waals surface area contributed by atoms with Crippen molar-refractivity contribution in [1.82, 2.24) is 0 Å². The van der Waals surface area contributed by atoms with Crippen molar-refractivity contribution in [2.75, 3.05) is 6.61 Å². The highest BCUT2D eigenvalue weighted by Gasteiger charge is 2.32. The third-order valence-electron chi connectivity index (χ3n) is 2.44. The summed E-state index contributed by atoms with van der Waals surface area (Å²) in [5.74, 6) is -0.192. The molecule has 0 N–H and O–H groups in total. The number of rotatable bonds is 3. The van der Waals surface area contributed by atoms with Gasteiger partial charge in [0, 0.05) is 0 Å². The summed E-state index contributed by atoms with van der Waals surface area (Å²) in [6.45, 7) is 8.21. The van der Waals surface area contributed by atoms with Gasteiger partial charge in [-0.3, -0.25) is 4.79 Å². The van der Waals surface area contributed by atoms with Crippen molar-refractivity contribution in [3.8, 4) is 0 Å². The van der Waals surface area contributed by atoms with Crippen LogP contribution in [0.2, 0.25) is 0 Å². The van der Waals surface area contributed by atoms with Gasteiger partial charge in [0.2, 0.25) is 0 Å². The number of carbonyl (C=O) groups excluding carboxylic acids is 1. The molecule has 0 bridgehead atoms. The summed E-state index contributed by atoms with van der Waals surface area (Å²) in [6, 6.07) is 0. The van der Waals surface area contributed by atoms with Crippen molar-refractivity contribution in [3.63, 3.8) is 0 Å². The second-order valence-electron chi connectivity index (χ2n) is 4.82. The quantitative estimate of drug-likeness (QED) is 0.655. The highest BCUT2D eigenvalue weighted by atomic mass is 16.6. The molecule has 1 rings (SSSR count). The number of esters is 1. The molecule has 0 aromatic rings. The smallest absolute Gasteiger partial charge is 0.308 e. The third kappa shape index (κ3) is 3.29. The van der Waals surface area contributed by atoms with Gasteiger partial charge in [0.15, 0.2) is 0 Å². The molecule has 0 aromatic carbocycles. The summed E-state index contributed by atoms with van der Waals surface area (Å²) in [5, 5.41) is 0. The zero-order chi connectivity index (χ0) is 10.8. The van der Waals surface area contributed by atoms with E-state index < -0.39 is 0 Å². The highest BCUT2D eigenvalue weighted by molar-refractivity contribution is 5.71. The molecule has 1 fully saturated rings. The van der Waals surface area contributed by atoms with Crippen LogP contribution in [0, 0.1) is 5.92 Å². The Morgan fingerprint density at radius 2 is 2.21 bits per heavy atom. The summed E-state index contributed by atoms with van der Waals surface area (Å²) >= 11 is 0. The van der Waals surface area contributed by atoms with Crippen LogP contribution in [0.1, 0.15) is 40.5 Å². The van der Waals surface area contributed by atoms with E-state index in [4.69, 9.17) is 9.47 Å². The lowest BCUT2D eigenvalue weighted by molar-refractivity contribution is -0.152. The van der Waals surface area contributed by atoms with Crippen LogP contribution in [0.15, 0.2) is 0 Å². The number of hydrogen-bond donors (Lipinski definition) is 0. The third-order valence-corrected chi connectivity index (χ3v) is 2.44. The Kier molecular flexibility index (Phi) is 3.53. The molecule has 1 aliphatic rings. The minimum Gasteiger partial charge on any atom is -0.463 e. The fourth-order valence-corrected chi connectivity index (χ4v) is 1.54. The first-order valence-corrected chi connectivity index (χ1v) is 5.25. The second-order valence-corrected chi connectivity index (χ2v) is 4.82. The Bertz CT molecular complexity index is 209. The summed E-state index contributed by atoms with van der Waals surface area (Å²) < 4.78 is 10.8. The molecule has 3 nitrogen and oxygen atoms in total. The van der Waals surface area contributed by atoms with Gasteiger partial charge in [-0.15, -0.1) is 0 Å². The lowest BCUT2D eigenvalue weighted by Gasteiger charge is -2.19. The largest absolute Gasteiger partial charge is 0.463 e. The van der Waals surface area contributed by atoms with E-state index >= 15 is 0 Å². The van der Waals surface area contributed by atoms with Crippen molar-refractivity contribution < 1.29 is 14.3 Å². The average molecular weight is 200 g/mol. The Morgan fingerprint density at radius 1 is 1.57 bits per heavy atom. The van der Waals surface area contributed by atoms with Crippen molar-refractivity contribution in [3.05, 3.63) is 0 Å². The maximum atomic E-state index is 11.2. The molecule has 3 heteroatoms. The van der Waals surface area contributed by atoms with Gasteiger partial charge in [0.05, 0.1) is 17.6 Å². The van der Waals surface area contributed by atoms with Gasteiger partial charge in [-0.2, -0.15) is 0 Å². The van der Waals surface area contributed by atoms with Crippen LogP contribution >= 0.6 is 0 Å². The number of hydrogen-bond acceptors (Lipinski definition) is 3. The fourth-order valence-electron chi connectivity index (χ4n) is 1.54. The van der Waals surface area contributed by atoms with E-state index in [-0.39, 0.29) is 23.6 Å². The molecule has 1 aliphatic heterocycles. The number of carbonyl (C=O) groups is 1. The zero-order valence-corrected chi connectivity index (χ0v) is 9.50. The standard InChI is InChI=1S/C11H20O3/c1-8(2)10(12)13-7-9-5-6-11(3,4)14-9/h8-9H,5-7H2,1-4H3. The SMILES string of the molecule is CC(C)C(=O)OCC1CCC(C)(C)O1. The molecule has 1 atom stereocenters. The first-order chi connectivity index (χ1) is 6.41. The second kappa shape index (κ2) is 4.30. The van der Waals surface area contributed by atoms with Crippen molar-refractivity contribution >= 4 is 5.97 Å². The molecular weight excluding hydrogens is 180 g/mol. The zero-order valence-electron chi connectivity index (χ0n) is 9.50. The van der Waals surface area contributed by atoms with Gasteiger partial charge in [-0.05, 0) is 26.7 Å². The van der Waals surface area contributed by atoms with Gasteiger partial charge in [0.1, 0.15) is 6.61 Å². The summed E-state index contributed by atoms with van der Waals surface area (Å²) in [4.78, 5) is 11.2. The fraction of sp³-hybridized carbons (Fsp3) is 0.909. The molecule has 0 spiro atoms. The van der Waals surface area contributed by atoms with Gasteiger partial charge in [0.25, 0.3) is 0 Å². The van der Waals surface area contributed by atoms with E-state index in [0.29, 0.717) is 6.61 Å². The molecule has 0 aromatic heterocycles. The van der Waals surface area contributed by atoms with Crippen LogP contribution < -0.4 is 0 Å². The molecule has 0 saturated carbocycles. The van der Waals surface area contributed by atoms with E-state index in [1.807, 2.05) is 13.8 Å². The van der Waals surface area contributed by atoms with E-state index in [2.05, 4.69) is 13.8 Å². The normalized spacial score (nSPS) is 25.4. The molecular formula is C11H20O3. The predicted octanol–water partition coefficient (Wildman–Crippen LogP) is 2.14. The molecule has 1 heterocycles. The molecule has 82 valence electrons. The topological polar surface area (TPSA) is 35.5 Å². The molecule has 0 amide bonds. The van der Waals surface area contributed by atoms with Crippen LogP contribution in [0.25, 0.3) is 0 Å². The monoisotopic (exact) mass is 200 g/mol. The molecule has 0 aliphatic carbocycles. The Labute approximate surface area is 85.8 Å². The van der Waals surface area contributed by atoms with Crippen LogP contribution in [-0.2, 0) is 14.3 Å². The van der Waals surface area contributed by atoms with Crippen molar-refractivity contribution in [1.29, 1.82) is 0 Å². The van der Waals surface area contributed by atoms with E-state index in [0.717, 1.165) is 12.8 Å². The van der Waals surface area contributed by atoms with E-state index in [1.54, 1.807) is 0 Å². The lowest BCUT2D eigenvalue weighted by atomic mass is 10.1. The van der Waals surface area contributed by atoms with Crippen LogP contribution in [0.5, 0.6) is 0 Å². The summed E-state index contributed by atoms with van der Waals surface area (Å²) in [7, 11) is 0. The van der Waals surface area contributed by atoms with Crippen LogP contribution in [0.3, 0.4) is 0 Å². The predicted molar refractivity (Wildman–Crippen MR) is 54.0 cm³/mol. The molecule has 14 heavy (non-hydrogen) atoms. The van der Waals surface area contributed by atoms with Gasteiger partial charge in [-0.25, -0.2) is 0 Å². The van der Waals surface area contributed by atoms with Crippen molar-refractivity contribution in [2.24, 2.45) is 5.92 Å². The highest BCUT2D eigenvalue weighted by Crippen LogP contribution is 2.29. The molecule has 0 radical (unpaired) electrons. The summed E-state index contributed by atoms with van der Waals surface area (Å²) in [5.41, 5.74) is -0.0467. The maximum absolute atomic E-state index is 11.2. The van der Waals surface area contributed by atoms with Crippen LogP contribution in [-0.4, -0.2) is 24.3 Å². The average Bonchev–Trinajstić information content (AvgIpc) is 2.41. The molecule has 1 saturated heterocycles. The Balaban J connectivity index is 2.24. The minimum atomic E-state index is -0.140. The van der Waals surface area contributed by atoms with Gasteiger partial charge >= 0.3 is 5.97 Å². The lowest BCUT2D eigenvalue weighted by Crippen LogP contribution is -2.25. The Hall–Kier alpha value is -0.570.